The lowest BCUT2D eigenvalue weighted by Crippen LogP contribution is -2.44. The summed E-state index contributed by atoms with van der Waals surface area (Å²) >= 11 is 0. The quantitative estimate of drug-likeness (QED) is 0.196. The highest BCUT2D eigenvalue weighted by Crippen LogP contribution is 2.47. The Kier molecular flexibility index (Phi) is 3.79. The number of hydrogen-bond donors (Lipinski definition) is 4. The lowest BCUT2D eigenvalue weighted by atomic mass is 9.82. The van der Waals surface area contributed by atoms with Gasteiger partial charge in [-0.15, -0.1) is 0 Å². The van der Waals surface area contributed by atoms with Gasteiger partial charge in [0, 0.05) is 39.2 Å². The number of nitrogen functional groups attached to an aromatic ring is 1. The molecule has 172 valence electrons. The summed E-state index contributed by atoms with van der Waals surface area (Å²) in [6.07, 6.45) is 1.57. The van der Waals surface area contributed by atoms with Gasteiger partial charge in [-0.1, -0.05) is 48.5 Å². The number of aromatic hydroxyl groups is 2. The molecule has 1 atom stereocenters. The first-order valence-electron chi connectivity index (χ1n) is 11.2. The fourth-order valence-electron chi connectivity index (χ4n) is 5.44. The van der Waals surface area contributed by atoms with E-state index in [-0.39, 0.29) is 62.1 Å². The Hall–Kier alpha value is -5.11. The predicted octanol–water partition coefficient (Wildman–Crippen LogP) is 1.05. The van der Waals surface area contributed by atoms with Gasteiger partial charge in [0.05, 0.1) is 27.7 Å². The SMILES string of the molecule is Nc1cc2c(c3c1C(=O)c1ccccc1C3=O)=NC1=CC(=[NH2+])c3c(c(O)c4ccccc4c3O)C1N=2. The molecular formula is C28H17N4O4+. The molecule has 1 unspecified atom stereocenters. The zero-order valence-corrected chi connectivity index (χ0v) is 18.6. The van der Waals surface area contributed by atoms with Gasteiger partial charge in [0.15, 0.2) is 11.6 Å². The smallest absolute Gasteiger partial charge is 0.210 e. The number of phenols is 2. The van der Waals surface area contributed by atoms with Crippen LogP contribution in [0.5, 0.6) is 11.5 Å². The van der Waals surface area contributed by atoms with E-state index in [0.717, 1.165) is 0 Å². The second-order valence-electron chi connectivity index (χ2n) is 8.99. The van der Waals surface area contributed by atoms with Gasteiger partial charge in [-0.3, -0.25) is 20.0 Å². The number of nitrogens with zero attached hydrogens (tertiary/aromatic N) is 2. The van der Waals surface area contributed by atoms with Gasteiger partial charge in [0.1, 0.15) is 22.9 Å². The fourth-order valence-corrected chi connectivity index (χ4v) is 5.44. The van der Waals surface area contributed by atoms with Gasteiger partial charge >= 0.3 is 0 Å². The van der Waals surface area contributed by atoms with Crippen LogP contribution in [0.15, 0.2) is 76.4 Å². The fraction of sp³-hybridized carbons (Fsp3) is 0.0357. The molecule has 8 heteroatoms. The summed E-state index contributed by atoms with van der Waals surface area (Å²) in [5.74, 6) is -0.831. The number of carbonyl (C=O) groups excluding carboxylic acids is 2. The van der Waals surface area contributed by atoms with E-state index in [0.29, 0.717) is 33.0 Å². The summed E-state index contributed by atoms with van der Waals surface area (Å²) in [7, 11) is 0. The van der Waals surface area contributed by atoms with Crippen LogP contribution in [0.4, 0.5) is 5.69 Å². The van der Waals surface area contributed by atoms with Crippen LogP contribution in [0, 0.1) is 0 Å². The van der Waals surface area contributed by atoms with Crippen molar-refractivity contribution in [2.75, 3.05) is 5.73 Å². The Bertz CT molecular complexity index is 1940. The maximum Gasteiger partial charge on any atom is 0.210 e. The Morgan fingerprint density at radius 3 is 2.14 bits per heavy atom. The van der Waals surface area contributed by atoms with Crippen LogP contribution in [0.1, 0.15) is 49.0 Å². The molecule has 1 aliphatic heterocycles. The van der Waals surface area contributed by atoms with Crippen LogP contribution in [-0.2, 0) is 0 Å². The second kappa shape index (κ2) is 6.73. The summed E-state index contributed by atoms with van der Waals surface area (Å²) in [6, 6.07) is 14.2. The Morgan fingerprint density at radius 1 is 0.833 bits per heavy atom. The summed E-state index contributed by atoms with van der Waals surface area (Å²) in [5.41, 5.74) is 8.38. The van der Waals surface area contributed by atoms with E-state index in [2.05, 4.69) is 0 Å². The monoisotopic (exact) mass is 473 g/mol. The topological polar surface area (TPSA) is 151 Å². The number of hydrogen-bond acceptors (Lipinski definition) is 7. The number of rotatable bonds is 0. The zero-order chi connectivity index (χ0) is 24.9. The zero-order valence-electron chi connectivity index (χ0n) is 18.6. The summed E-state index contributed by atoms with van der Waals surface area (Å²) in [4.78, 5) is 36.3. The predicted molar refractivity (Wildman–Crippen MR) is 131 cm³/mol. The van der Waals surface area contributed by atoms with Gasteiger partial charge in [-0.2, -0.15) is 0 Å². The Balaban J connectivity index is 1.55. The van der Waals surface area contributed by atoms with Crippen molar-refractivity contribution in [3.8, 4) is 11.5 Å². The van der Waals surface area contributed by atoms with Crippen molar-refractivity contribution in [2.24, 2.45) is 9.98 Å². The standard InChI is InChI=1S/C28H16N4O4/c29-15-9-17-23(21-19(15)25(33)11-5-1-3-7-13(11)27(21)35)31-18-10-16(30)20-22(24(18)32-17)28(36)14-8-4-2-6-12(14)26(20)34/h1-10,23,29,33,35H,30H2/p+1. The van der Waals surface area contributed by atoms with Crippen LogP contribution in [0.25, 0.3) is 10.8 Å². The molecule has 0 aromatic heterocycles. The van der Waals surface area contributed by atoms with E-state index in [4.69, 9.17) is 21.1 Å². The number of ketones is 2. The second-order valence-corrected chi connectivity index (χ2v) is 8.99. The normalized spacial score (nSPS) is 17.2. The number of carbonyl (C=O) groups is 2. The van der Waals surface area contributed by atoms with Gasteiger partial charge < -0.3 is 15.9 Å². The highest BCUT2D eigenvalue weighted by atomic mass is 16.3. The minimum Gasteiger partial charge on any atom is -0.507 e. The molecular weight excluding hydrogens is 456 g/mol. The third-order valence-electron chi connectivity index (χ3n) is 7.03. The van der Waals surface area contributed by atoms with Crippen LogP contribution in [0.3, 0.4) is 0 Å². The van der Waals surface area contributed by atoms with Crippen molar-refractivity contribution < 1.29 is 25.2 Å². The van der Waals surface area contributed by atoms with Crippen LogP contribution >= 0.6 is 0 Å². The van der Waals surface area contributed by atoms with Gasteiger partial charge in [-0.05, 0) is 6.07 Å². The third-order valence-corrected chi connectivity index (χ3v) is 7.03. The van der Waals surface area contributed by atoms with Crippen molar-refractivity contribution in [3.63, 3.8) is 0 Å². The molecule has 3 aliphatic rings. The van der Waals surface area contributed by atoms with Crippen molar-refractivity contribution in [2.45, 2.75) is 6.04 Å². The minimum absolute atomic E-state index is 0.0606. The molecule has 0 saturated heterocycles. The maximum atomic E-state index is 13.5. The average molecular weight is 473 g/mol. The molecule has 0 radical (unpaired) electrons. The first-order valence-corrected chi connectivity index (χ1v) is 11.2. The molecule has 0 fully saturated rings. The summed E-state index contributed by atoms with van der Waals surface area (Å²) < 4.78 is 0. The highest BCUT2D eigenvalue weighted by molar-refractivity contribution is 6.30. The number of nitrogens with two attached hydrogens (primary N) is 2. The van der Waals surface area contributed by atoms with Crippen LogP contribution in [-0.4, -0.2) is 27.5 Å². The van der Waals surface area contributed by atoms with E-state index >= 15 is 0 Å². The Labute approximate surface area is 202 Å². The first kappa shape index (κ1) is 20.3. The number of anilines is 1. The van der Waals surface area contributed by atoms with E-state index in [9.17, 15) is 19.8 Å². The van der Waals surface area contributed by atoms with Crippen molar-refractivity contribution in [1.82, 2.24) is 0 Å². The molecule has 0 saturated carbocycles. The molecule has 7 rings (SSSR count). The van der Waals surface area contributed by atoms with E-state index in [1.807, 2.05) is 0 Å². The molecule has 1 heterocycles. The number of fused-ring (bicyclic) bond motifs is 8. The molecule has 6 N–H and O–H groups in total. The van der Waals surface area contributed by atoms with E-state index in [1.165, 1.54) is 6.07 Å². The van der Waals surface area contributed by atoms with Crippen molar-refractivity contribution in [1.29, 1.82) is 0 Å². The largest absolute Gasteiger partial charge is 0.507 e. The molecule has 0 spiro atoms. The lowest BCUT2D eigenvalue weighted by molar-refractivity contribution is -0.111. The molecule has 0 bridgehead atoms. The number of allylic oxidation sites excluding steroid dienone is 1. The van der Waals surface area contributed by atoms with Gasteiger partial charge in [0.2, 0.25) is 5.71 Å². The van der Waals surface area contributed by atoms with Gasteiger partial charge in [-0.25, -0.2) is 4.99 Å². The van der Waals surface area contributed by atoms with Crippen LogP contribution in [0.2, 0.25) is 0 Å². The van der Waals surface area contributed by atoms with E-state index < -0.39 is 6.04 Å². The molecule has 2 aliphatic carbocycles. The maximum absolute atomic E-state index is 13.5. The van der Waals surface area contributed by atoms with E-state index in [1.54, 1.807) is 54.6 Å². The Morgan fingerprint density at radius 2 is 1.44 bits per heavy atom. The molecule has 0 amide bonds. The van der Waals surface area contributed by atoms with Crippen molar-refractivity contribution in [3.05, 3.63) is 110 Å². The molecule has 4 aromatic rings. The van der Waals surface area contributed by atoms with Gasteiger partial charge in [0.25, 0.3) is 0 Å². The third kappa shape index (κ3) is 2.39. The number of phenolic OH excluding ortho intramolecular Hbond substituents is 2. The molecule has 8 nitrogen and oxygen atoms in total. The first-order chi connectivity index (χ1) is 17.4. The molecule has 36 heavy (non-hydrogen) atoms. The lowest BCUT2D eigenvalue weighted by Gasteiger charge is -2.26. The molecule has 4 aromatic carbocycles. The highest BCUT2D eigenvalue weighted by Gasteiger charge is 2.38. The summed E-state index contributed by atoms with van der Waals surface area (Å²) in [5, 5.41) is 30.0. The minimum atomic E-state index is -0.797. The summed E-state index contributed by atoms with van der Waals surface area (Å²) in [6.45, 7) is 0. The van der Waals surface area contributed by atoms with Crippen molar-refractivity contribution >= 4 is 33.7 Å². The number of benzene rings is 4. The van der Waals surface area contributed by atoms with Crippen LogP contribution < -0.4 is 21.9 Å². The average Bonchev–Trinajstić information content (AvgIpc) is 2.88.